The van der Waals surface area contributed by atoms with Crippen LogP contribution in [0.5, 0.6) is 0 Å². The largest absolute Gasteiger partial charge is 0.328 e. The Hall–Kier alpha value is -1.59. The van der Waals surface area contributed by atoms with Crippen LogP contribution in [0, 0.1) is 0 Å². The molecule has 0 saturated heterocycles. The van der Waals surface area contributed by atoms with E-state index >= 15 is 0 Å². The van der Waals surface area contributed by atoms with Crippen molar-refractivity contribution in [3.63, 3.8) is 0 Å². The molecule has 4 nitrogen and oxygen atoms in total. The molecule has 0 aliphatic carbocycles. The van der Waals surface area contributed by atoms with Crippen LogP contribution >= 0.6 is 23.4 Å². The van der Waals surface area contributed by atoms with Crippen LogP contribution in [0.15, 0.2) is 47.7 Å². The molecule has 0 N–H and O–H groups in total. The van der Waals surface area contributed by atoms with E-state index in [2.05, 4.69) is 9.98 Å². The second kappa shape index (κ2) is 7.26. The van der Waals surface area contributed by atoms with Gasteiger partial charge in [-0.15, -0.1) is 0 Å². The van der Waals surface area contributed by atoms with E-state index in [0.29, 0.717) is 22.9 Å². The highest BCUT2D eigenvalue weighted by Gasteiger charge is 2.00. The average molecular weight is 308 g/mol. The molecular formula is C14H14ClN3OS. The van der Waals surface area contributed by atoms with Gasteiger partial charge < -0.3 is 4.57 Å². The lowest BCUT2D eigenvalue weighted by molar-refractivity contribution is -0.115. The van der Waals surface area contributed by atoms with E-state index in [1.54, 1.807) is 12.3 Å². The summed E-state index contributed by atoms with van der Waals surface area (Å²) < 4.78 is 1.91. The summed E-state index contributed by atoms with van der Waals surface area (Å²) >= 11 is 7.23. The minimum absolute atomic E-state index is 0.133. The van der Waals surface area contributed by atoms with Crippen LogP contribution in [0.1, 0.15) is 5.56 Å². The van der Waals surface area contributed by atoms with Crippen molar-refractivity contribution in [1.82, 2.24) is 9.55 Å². The molecule has 0 spiro atoms. The molecule has 0 unspecified atom stereocenters. The second-order valence-corrected chi connectivity index (χ2v) is 5.37. The molecule has 0 aromatic carbocycles. The Bertz CT molecular complexity index is 652. The van der Waals surface area contributed by atoms with Gasteiger partial charge in [-0.2, -0.15) is 16.8 Å². The van der Waals surface area contributed by atoms with Crippen molar-refractivity contribution in [2.45, 2.75) is 6.54 Å². The fraction of sp³-hybridized carbons (Fsp3) is 0.214. The number of amides is 1. The van der Waals surface area contributed by atoms with E-state index in [-0.39, 0.29) is 5.91 Å². The molecule has 1 amide bonds. The molecule has 0 radical (unpaired) electrons. The van der Waals surface area contributed by atoms with E-state index in [0.717, 1.165) is 5.56 Å². The molecule has 0 bridgehead atoms. The van der Waals surface area contributed by atoms with Crippen molar-refractivity contribution in [3.8, 4) is 0 Å². The summed E-state index contributed by atoms with van der Waals surface area (Å²) in [7, 11) is 0. The minimum atomic E-state index is -0.133. The number of carbonyl (C=O) groups excluding carboxylic acids is 1. The topological polar surface area (TPSA) is 47.2 Å². The molecule has 2 aromatic heterocycles. The third kappa shape index (κ3) is 4.21. The highest BCUT2D eigenvalue weighted by molar-refractivity contribution is 7.99. The van der Waals surface area contributed by atoms with Crippen molar-refractivity contribution in [3.05, 3.63) is 58.9 Å². The first-order valence-corrected chi connectivity index (χ1v) is 7.78. The molecule has 0 aliphatic heterocycles. The summed E-state index contributed by atoms with van der Waals surface area (Å²) in [6.45, 7) is 0.594. The lowest BCUT2D eigenvalue weighted by Crippen LogP contribution is -2.22. The maximum Gasteiger partial charge on any atom is 0.257 e. The van der Waals surface area contributed by atoms with Gasteiger partial charge in [-0.05, 0) is 30.0 Å². The van der Waals surface area contributed by atoms with Crippen LogP contribution in [0.4, 0.5) is 0 Å². The Labute approximate surface area is 126 Å². The molecule has 6 heteroatoms. The normalized spacial score (nSPS) is 11.6. The number of rotatable bonds is 4. The number of halogens is 1. The Morgan fingerprint density at radius 2 is 2.25 bits per heavy atom. The van der Waals surface area contributed by atoms with Crippen molar-refractivity contribution in [2.75, 3.05) is 12.0 Å². The average Bonchev–Trinajstić information content (AvgIpc) is 2.44. The summed E-state index contributed by atoms with van der Waals surface area (Å²) in [5, 5.41) is 0.465. The molecule has 0 saturated carbocycles. The van der Waals surface area contributed by atoms with Gasteiger partial charge >= 0.3 is 0 Å². The Kier molecular flexibility index (Phi) is 5.38. The smallest absolute Gasteiger partial charge is 0.257 e. The number of thioether (sulfide) groups is 1. The van der Waals surface area contributed by atoms with Gasteiger partial charge in [-0.1, -0.05) is 23.7 Å². The van der Waals surface area contributed by atoms with Gasteiger partial charge in [0.15, 0.2) is 0 Å². The van der Waals surface area contributed by atoms with Crippen LogP contribution in [0.25, 0.3) is 0 Å². The minimum Gasteiger partial charge on any atom is -0.328 e. The zero-order valence-corrected chi connectivity index (χ0v) is 12.6. The molecule has 2 heterocycles. The van der Waals surface area contributed by atoms with Crippen LogP contribution in [0.3, 0.4) is 0 Å². The van der Waals surface area contributed by atoms with Gasteiger partial charge in [0, 0.05) is 12.4 Å². The van der Waals surface area contributed by atoms with Crippen molar-refractivity contribution >= 4 is 29.3 Å². The third-order valence-corrected chi connectivity index (χ3v) is 3.32. The second-order valence-electron chi connectivity index (χ2n) is 4.11. The van der Waals surface area contributed by atoms with Gasteiger partial charge in [0.2, 0.25) is 0 Å². The van der Waals surface area contributed by atoms with Crippen LogP contribution in [-0.4, -0.2) is 27.5 Å². The van der Waals surface area contributed by atoms with Crippen LogP contribution < -0.4 is 5.49 Å². The van der Waals surface area contributed by atoms with E-state index < -0.39 is 0 Å². The molecule has 0 aliphatic rings. The highest BCUT2D eigenvalue weighted by atomic mass is 35.5. The summed E-state index contributed by atoms with van der Waals surface area (Å²) in [6, 6.07) is 9.24. The summed E-state index contributed by atoms with van der Waals surface area (Å²) in [6.07, 6.45) is 5.49. The van der Waals surface area contributed by atoms with E-state index in [1.165, 1.54) is 11.8 Å². The maximum absolute atomic E-state index is 11.6. The zero-order chi connectivity index (χ0) is 14.4. The fourth-order valence-corrected chi connectivity index (χ4v) is 2.11. The number of hydrogen-bond donors (Lipinski definition) is 0. The van der Waals surface area contributed by atoms with Gasteiger partial charge in [0.25, 0.3) is 5.91 Å². The number of carbonyl (C=O) groups is 1. The van der Waals surface area contributed by atoms with Gasteiger partial charge in [0.05, 0.1) is 12.3 Å². The predicted molar refractivity (Wildman–Crippen MR) is 81.7 cm³/mol. The Balaban J connectivity index is 2.28. The zero-order valence-electron chi connectivity index (χ0n) is 11.0. The standard InChI is InChI=1S/C14H14ClN3OS/c1-20-10-14(19)17-13-4-2-3-7-18(13)9-11-5-6-12(15)16-8-11/h2-8H,9-10H2,1H3. The first-order chi connectivity index (χ1) is 9.69. The SMILES string of the molecule is CSCC(=O)N=c1ccccn1Cc1ccc(Cl)nc1. The lowest BCUT2D eigenvalue weighted by Gasteiger charge is -2.07. The first kappa shape index (κ1) is 14.8. The highest BCUT2D eigenvalue weighted by Crippen LogP contribution is 2.06. The molecule has 0 fully saturated rings. The van der Waals surface area contributed by atoms with Gasteiger partial charge in [-0.25, -0.2) is 4.98 Å². The molecule has 20 heavy (non-hydrogen) atoms. The molecule has 2 rings (SSSR count). The lowest BCUT2D eigenvalue weighted by atomic mass is 10.3. The van der Waals surface area contributed by atoms with E-state index in [4.69, 9.17) is 11.6 Å². The number of hydrogen-bond acceptors (Lipinski definition) is 3. The monoisotopic (exact) mass is 307 g/mol. The van der Waals surface area contributed by atoms with E-state index in [1.807, 2.05) is 41.3 Å². The van der Waals surface area contributed by atoms with Crippen molar-refractivity contribution in [2.24, 2.45) is 4.99 Å². The number of aromatic nitrogens is 2. The quantitative estimate of drug-likeness (QED) is 0.815. The molecule has 0 atom stereocenters. The maximum atomic E-state index is 11.6. The first-order valence-electron chi connectivity index (χ1n) is 6.01. The summed E-state index contributed by atoms with van der Waals surface area (Å²) in [5.74, 6) is 0.254. The Morgan fingerprint density at radius 3 is 2.95 bits per heavy atom. The summed E-state index contributed by atoms with van der Waals surface area (Å²) in [4.78, 5) is 19.8. The summed E-state index contributed by atoms with van der Waals surface area (Å²) in [5.41, 5.74) is 1.64. The predicted octanol–water partition coefficient (Wildman–Crippen LogP) is 2.38. The Morgan fingerprint density at radius 1 is 1.40 bits per heavy atom. The van der Waals surface area contributed by atoms with Crippen molar-refractivity contribution < 1.29 is 4.79 Å². The van der Waals surface area contributed by atoms with Crippen LogP contribution in [-0.2, 0) is 11.3 Å². The van der Waals surface area contributed by atoms with Crippen LogP contribution in [0.2, 0.25) is 5.15 Å². The number of pyridine rings is 2. The van der Waals surface area contributed by atoms with Crippen molar-refractivity contribution in [1.29, 1.82) is 0 Å². The van der Waals surface area contributed by atoms with Gasteiger partial charge in [0.1, 0.15) is 10.6 Å². The molecular weight excluding hydrogens is 294 g/mol. The molecule has 2 aromatic rings. The third-order valence-electron chi connectivity index (χ3n) is 2.57. The van der Waals surface area contributed by atoms with E-state index in [9.17, 15) is 4.79 Å². The van der Waals surface area contributed by atoms with Gasteiger partial charge in [-0.3, -0.25) is 4.79 Å². The fourth-order valence-electron chi connectivity index (χ4n) is 1.68. The molecule has 104 valence electrons. The number of nitrogens with zero attached hydrogens (tertiary/aromatic N) is 3.